The van der Waals surface area contributed by atoms with Crippen molar-refractivity contribution in [3.05, 3.63) is 64.9 Å². The van der Waals surface area contributed by atoms with E-state index in [0.717, 1.165) is 42.5 Å². The number of para-hydroxylation sites is 2. The molecule has 4 nitrogen and oxygen atoms in total. The lowest BCUT2D eigenvalue weighted by molar-refractivity contribution is 0.381. The standard InChI is InChI=1S/C20H23ClN4/c21-16-7-5-15(6-8-16)14-25-19-4-2-1-3-18(19)24-20(25)13-23-17-9-11-22-12-10-17/h1-8,17,22-23H,9-14H2. The van der Waals surface area contributed by atoms with Crippen LogP contribution in [0.3, 0.4) is 0 Å². The number of rotatable bonds is 5. The summed E-state index contributed by atoms with van der Waals surface area (Å²) in [7, 11) is 0. The number of fused-ring (bicyclic) bond motifs is 1. The fourth-order valence-electron chi connectivity index (χ4n) is 3.47. The molecule has 25 heavy (non-hydrogen) atoms. The minimum absolute atomic E-state index is 0.574. The smallest absolute Gasteiger partial charge is 0.124 e. The number of halogens is 1. The predicted octanol–water partition coefficient (Wildman–Crippen LogP) is 3.58. The highest BCUT2D eigenvalue weighted by Crippen LogP contribution is 2.19. The molecule has 1 saturated heterocycles. The highest BCUT2D eigenvalue weighted by molar-refractivity contribution is 6.30. The van der Waals surface area contributed by atoms with E-state index in [0.29, 0.717) is 6.04 Å². The Kier molecular flexibility index (Phi) is 5.02. The molecule has 2 heterocycles. The molecular formula is C20H23ClN4. The molecule has 0 radical (unpaired) electrons. The zero-order valence-electron chi connectivity index (χ0n) is 14.2. The summed E-state index contributed by atoms with van der Waals surface area (Å²) in [6, 6.07) is 17.0. The van der Waals surface area contributed by atoms with Gasteiger partial charge in [-0.15, -0.1) is 0 Å². The average Bonchev–Trinajstić information content (AvgIpc) is 3.00. The molecule has 1 aliphatic heterocycles. The van der Waals surface area contributed by atoms with E-state index < -0.39 is 0 Å². The van der Waals surface area contributed by atoms with Crippen LogP contribution in [0.1, 0.15) is 24.2 Å². The van der Waals surface area contributed by atoms with Gasteiger partial charge in [-0.1, -0.05) is 35.9 Å². The molecule has 0 saturated carbocycles. The predicted molar refractivity (Wildman–Crippen MR) is 103 cm³/mol. The summed E-state index contributed by atoms with van der Waals surface area (Å²) in [6.45, 7) is 3.80. The van der Waals surface area contributed by atoms with Gasteiger partial charge in [-0.25, -0.2) is 4.98 Å². The van der Waals surface area contributed by atoms with Gasteiger partial charge in [0.25, 0.3) is 0 Å². The van der Waals surface area contributed by atoms with Crippen LogP contribution in [-0.4, -0.2) is 28.7 Å². The fraction of sp³-hybridized carbons (Fsp3) is 0.350. The van der Waals surface area contributed by atoms with E-state index in [1.165, 1.54) is 23.9 Å². The summed E-state index contributed by atoms with van der Waals surface area (Å²) in [6.07, 6.45) is 2.36. The molecule has 4 rings (SSSR count). The van der Waals surface area contributed by atoms with E-state index in [1.54, 1.807) is 0 Å². The number of imidazole rings is 1. The Morgan fingerprint density at radius 3 is 2.64 bits per heavy atom. The van der Waals surface area contributed by atoms with Crippen molar-refractivity contribution in [1.29, 1.82) is 0 Å². The van der Waals surface area contributed by atoms with Crippen LogP contribution in [0.15, 0.2) is 48.5 Å². The highest BCUT2D eigenvalue weighted by atomic mass is 35.5. The van der Waals surface area contributed by atoms with E-state index >= 15 is 0 Å². The summed E-state index contributed by atoms with van der Waals surface area (Å²) in [5.41, 5.74) is 3.47. The maximum Gasteiger partial charge on any atom is 0.124 e. The summed E-state index contributed by atoms with van der Waals surface area (Å²) >= 11 is 6.02. The van der Waals surface area contributed by atoms with Crippen molar-refractivity contribution < 1.29 is 0 Å². The molecule has 0 bridgehead atoms. The number of benzene rings is 2. The maximum absolute atomic E-state index is 6.02. The topological polar surface area (TPSA) is 41.9 Å². The van der Waals surface area contributed by atoms with Gasteiger partial charge >= 0.3 is 0 Å². The molecule has 0 amide bonds. The third kappa shape index (κ3) is 3.87. The van der Waals surface area contributed by atoms with Crippen molar-refractivity contribution in [3.63, 3.8) is 0 Å². The molecule has 130 valence electrons. The van der Waals surface area contributed by atoms with E-state index in [1.807, 2.05) is 18.2 Å². The number of hydrogen-bond acceptors (Lipinski definition) is 3. The van der Waals surface area contributed by atoms with Crippen LogP contribution in [-0.2, 0) is 13.1 Å². The molecule has 0 atom stereocenters. The molecule has 2 N–H and O–H groups in total. The largest absolute Gasteiger partial charge is 0.322 e. The Balaban J connectivity index is 1.59. The van der Waals surface area contributed by atoms with Crippen LogP contribution in [0.4, 0.5) is 0 Å². The zero-order chi connectivity index (χ0) is 17.1. The summed E-state index contributed by atoms with van der Waals surface area (Å²) in [5.74, 6) is 1.09. The van der Waals surface area contributed by atoms with E-state index in [2.05, 4.69) is 45.5 Å². The van der Waals surface area contributed by atoms with Gasteiger partial charge in [0.05, 0.1) is 17.6 Å². The van der Waals surface area contributed by atoms with E-state index in [-0.39, 0.29) is 0 Å². The molecule has 1 fully saturated rings. The molecule has 0 unspecified atom stereocenters. The number of aromatic nitrogens is 2. The zero-order valence-corrected chi connectivity index (χ0v) is 15.0. The van der Waals surface area contributed by atoms with Gasteiger partial charge in [-0.05, 0) is 55.8 Å². The van der Waals surface area contributed by atoms with Gasteiger partial charge in [0.1, 0.15) is 5.82 Å². The maximum atomic E-state index is 6.02. The van der Waals surface area contributed by atoms with Crippen molar-refractivity contribution >= 4 is 22.6 Å². The van der Waals surface area contributed by atoms with Crippen LogP contribution in [0.2, 0.25) is 5.02 Å². The van der Waals surface area contributed by atoms with Crippen LogP contribution in [0.5, 0.6) is 0 Å². The van der Waals surface area contributed by atoms with Gasteiger partial charge in [0, 0.05) is 17.6 Å². The van der Waals surface area contributed by atoms with Crippen LogP contribution < -0.4 is 10.6 Å². The third-order valence-electron chi connectivity index (χ3n) is 4.88. The van der Waals surface area contributed by atoms with Crippen molar-refractivity contribution in [3.8, 4) is 0 Å². The number of nitrogens with one attached hydrogen (secondary N) is 2. The van der Waals surface area contributed by atoms with Crippen molar-refractivity contribution in [2.24, 2.45) is 0 Å². The Labute approximate surface area is 153 Å². The summed E-state index contributed by atoms with van der Waals surface area (Å²) < 4.78 is 2.31. The first kappa shape index (κ1) is 16.6. The molecule has 2 aromatic carbocycles. The van der Waals surface area contributed by atoms with Crippen molar-refractivity contribution in [2.45, 2.75) is 32.0 Å². The second-order valence-electron chi connectivity index (χ2n) is 6.63. The Morgan fingerprint density at radius 2 is 1.84 bits per heavy atom. The first-order valence-electron chi connectivity index (χ1n) is 8.92. The second kappa shape index (κ2) is 7.56. The fourth-order valence-corrected chi connectivity index (χ4v) is 3.60. The van der Waals surface area contributed by atoms with Crippen LogP contribution in [0, 0.1) is 0 Å². The van der Waals surface area contributed by atoms with E-state index in [4.69, 9.17) is 16.6 Å². The monoisotopic (exact) mass is 354 g/mol. The average molecular weight is 355 g/mol. The van der Waals surface area contributed by atoms with E-state index in [9.17, 15) is 0 Å². The van der Waals surface area contributed by atoms with Gasteiger partial charge < -0.3 is 15.2 Å². The quantitative estimate of drug-likeness (QED) is 0.736. The third-order valence-corrected chi connectivity index (χ3v) is 5.13. The lowest BCUT2D eigenvalue weighted by Crippen LogP contribution is -2.40. The first-order valence-corrected chi connectivity index (χ1v) is 9.30. The summed E-state index contributed by atoms with van der Waals surface area (Å²) in [4.78, 5) is 4.87. The summed E-state index contributed by atoms with van der Waals surface area (Å²) in [5, 5.41) is 7.87. The van der Waals surface area contributed by atoms with Gasteiger partial charge in [0.15, 0.2) is 0 Å². The molecular weight excluding hydrogens is 332 g/mol. The lowest BCUT2D eigenvalue weighted by atomic mass is 10.1. The molecule has 0 spiro atoms. The minimum atomic E-state index is 0.574. The second-order valence-corrected chi connectivity index (χ2v) is 7.07. The first-order chi connectivity index (χ1) is 12.3. The number of piperidine rings is 1. The number of nitrogens with zero attached hydrogens (tertiary/aromatic N) is 2. The molecule has 0 aliphatic carbocycles. The van der Waals surface area contributed by atoms with Crippen LogP contribution in [0.25, 0.3) is 11.0 Å². The molecule has 1 aromatic heterocycles. The van der Waals surface area contributed by atoms with Crippen LogP contribution >= 0.6 is 11.6 Å². The SMILES string of the molecule is Clc1ccc(Cn2c(CNC3CCNCC3)nc3ccccc32)cc1. The molecule has 5 heteroatoms. The Bertz CT molecular complexity index is 835. The normalized spacial score (nSPS) is 15.7. The minimum Gasteiger partial charge on any atom is -0.322 e. The van der Waals surface area contributed by atoms with Gasteiger partial charge in [0.2, 0.25) is 0 Å². The van der Waals surface area contributed by atoms with Crippen molar-refractivity contribution in [1.82, 2.24) is 20.2 Å². The highest BCUT2D eigenvalue weighted by Gasteiger charge is 2.15. The lowest BCUT2D eigenvalue weighted by Gasteiger charge is -2.23. The molecule has 1 aliphatic rings. The Morgan fingerprint density at radius 1 is 1.08 bits per heavy atom. The number of hydrogen-bond donors (Lipinski definition) is 2. The van der Waals surface area contributed by atoms with Gasteiger partial charge in [-0.3, -0.25) is 0 Å². The Hall–Kier alpha value is -1.88. The molecule has 3 aromatic rings. The van der Waals surface area contributed by atoms with Gasteiger partial charge in [-0.2, -0.15) is 0 Å². The van der Waals surface area contributed by atoms with Crippen molar-refractivity contribution in [2.75, 3.05) is 13.1 Å².